The number of benzene rings is 2. The van der Waals surface area contributed by atoms with Crippen molar-refractivity contribution in [2.75, 3.05) is 26.2 Å². The summed E-state index contributed by atoms with van der Waals surface area (Å²) in [5.41, 5.74) is 1.65. The molecule has 5 heteroatoms. The molecule has 0 spiro atoms. The number of likely N-dealkylation sites (tertiary alicyclic amines) is 2. The Morgan fingerprint density at radius 2 is 1.70 bits per heavy atom. The van der Waals surface area contributed by atoms with Crippen molar-refractivity contribution in [2.45, 2.75) is 38.3 Å². The first-order valence-corrected chi connectivity index (χ1v) is 11.0. The second kappa shape index (κ2) is 8.52. The zero-order valence-electron chi connectivity index (χ0n) is 17.3. The minimum Gasteiger partial charge on any atom is -0.489 e. The normalized spacial score (nSPS) is 18.2. The molecule has 2 fully saturated rings. The van der Waals surface area contributed by atoms with E-state index in [4.69, 9.17) is 9.15 Å². The van der Waals surface area contributed by atoms with Gasteiger partial charge in [0.25, 0.3) is 5.91 Å². The number of carbonyl (C=O) groups is 1. The summed E-state index contributed by atoms with van der Waals surface area (Å²) >= 11 is 0. The van der Waals surface area contributed by atoms with Crippen LogP contribution < -0.4 is 4.74 Å². The fraction of sp³-hybridized carbons (Fsp3) is 0.400. The summed E-state index contributed by atoms with van der Waals surface area (Å²) in [6, 6.07) is 18.0. The van der Waals surface area contributed by atoms with E-state index >= 15 is 0 Å². The van der Waals surface area contributed by atoms with Crippen molar-refractivity contribution in [3.63, 3.8) is 0 Å². The molecule has 0 atom stereocenters. The minimum atomic E-state index is 0.102. The van der Waals surface area contributed by atoms with Crippen molar-refractivity contribution in [3.8, 4) is 5.75 Å². The van der Waals surface area contributed by atoms with Crippen molar-refractivity contribution < 1.29 is 13.9 Å². The van der Waals surface area contributed by atoms with Gasteiger partial charge in [0.2, 0.25) is 0 Å². The van der Waals surface area contributed by atoms with E-state index in [-0.39, 0.29) is 12.0 Å². The molecule has 1 aromatic heterocycles. The highest BCUT2D eigenvalue weighted by molar-refractivity contribution is 5.97. The lowest BCUT2D eigenvalue weighted by Crippen LogP contribution is -2.38. The number of furan rings is 1. The minimum absolute atomic E-state index is 0.102. The number of hydrogen-bond donors (Lipinski definition) is 0. The molecule has 1 amide bonds. The fourth-order valence-corrected chi connectivity index (χ4v) is 4.54. The van der Waals surface area contributed by atoms with E-state index in [1.165, 1.54) is 0 Å². The van der Waals surface area contributed by atoms with Gasteiger partial charge in [-0.25, -0.2) is 0 Å². The summed E-state index contributed by atoms with van der Waals surface area (Å²) in [4.78, 5) is 17.2. The van der Waals surface area contributed by atoms with Gasteiger partial charge >= 0.3 is 0 Å². The molecule has 5 nitrogen and oxygen atoms in total. The Balaban J connectivity index is 1.19. The van der Waals surface area contributed by atoms with Crippen molar-refractivity contribution in [2.24, 2.45) is 0 Å². The quantitative estimate of drug-likeness (QED) is 0.618. The van der Waals surface area contributed by atoms with E-state index in [1.54, 1.807) is 0 Å². The van der Waals surface area contributed by atoms with Gasteiger partial charge in [0, 0.05) is 31.6 Å². The number of para-hydroxylation sites is 2. The Morgan fingerprint density at radius 1 is 0.967 bits per heavy atom. The number of nitrogens with zero attached hydrogens (tertiary/aromatic N) is 2. The molecule has 2 saturated heterocycles. The molecule has 0 unspecified atom stereocenters. The molecule has 3 heterocycles. The highest BCUT2D eigenvalue weighted by Gasteiger charge is 2.26. The molecular weight excluding hydrogens is 376 g/mol. The average Bonchev–Trinajstić information content (AvgIpc) is 3.45. The van der Waals surface area contributed by atoms with E-state index in [0.29, 0.717) is 5.56 Å². The lowest BCUT2D eigenvalue weighted by molar-refractivity contribution is 0.0761. The zero-order valence-corrected chi connectivity index (χ0v) is 17.3. The third-order valence-electron chi connectivity index (χ3n) is 6.19. The highest BCUT2D eigenvalue weighted by Crippen LogP contribution is 2.27. The van der Waals surface area contributed by atoms with Crippen molar-refractivity contribution in [1.29, 1.82) is 0 Å². The molecule has 0 aliphatic carbocycles. The van der Waals surface area contributed by atoms with Gasteiger partial charge in [0.1, 0.15) is 23.2 Å². The van der Waals surface area contributed by atoms with Crippen LogP contribution in [-0.4, -0.2) is 48.0 Å². The Bertz CT molecular complexity index is 981. The van der Waals surface area contributed by atoms with E-state index in [0.717, 1.165) is 80.9 Å². The monoisotopic (exact) mass is 404 g/mol. The van der Waals surface area contributed by atoms with Crippen molar-refractivity contribution in [1.82, 2.24) is 9.80 Å². The number of amides is 1. The van der Waals surface area contributed by atoms with E-state index in [2.05, 4.69) is 17.0 Å². The molecule has 3 aromatic rings. The first-order valence-electron chi connectivity index (χ1n) is 11.0. The predicted molar refractivity (Wildman–Crippen MR) is 117 cm³/mol. The van der Waals surface area contributed by atoms with Crippen LogP contribution in [0.25, 0.3) is 11.0 Å². The van der Waals surface area contributed by atoms with Crippen LogP contribution in [0.4, 0.5) is 0 Å². The van der Waals surface area contributed by atoms with Crippen LogP contribution in [0.15, 0.2) is 59.0 Å². The van der Waals surface area contributed by atoms with Crippen LogP contribution in [0.2, 0.25) is 0 Å². The maximum absolute atomic E-state index is 12.9. The summed E-state index contributed by atoms with van der Waals surface area (Å²) in [6.45, 7) is 4.46. The third kappa shape index (κ3) is 4.08. The molecule has 2 aromatic carbocycles. The lowest BCUT2D eigenvalue weighted by Gasteiger charge is -2.32. The first-order chi connectivity index (χ1) is 14.8. The van der Waals surface area contributed by atoms with Gasteiger partial charge in [-0.3, -0.25) is 9.69 Å². The van der Waals surface area contributed by atoms with Crippen LogP contribution >= 0.6 is 0 Å². The Hall–Kier alpha value is -2.79. The molecule has 0 N–H and O–H groups in total. The lowest BCUT2D eigenvalue weighted by atomic mass is 10.1. The Kier molecular flexibility index (Phi) is 5.45. The number of rotatable bonds is 5. The fourth-order valence-electron chi connectivity index (χ4n) is 4.54. The van der Waals surface area contributed by atoms with Gasteiger partial charge in [-0.2, -0.15) is 0 Å². The van der Waals surface area contributed by atoms with Gasteiger partial charge in [0.05, 0.1) is 12.1 Å². The number of carbonyl (C=O) groups excluding carboxylic acids is 1. The summed E-state index contributed by atoms with van der Waals surface area (Å²) in [5, 5.41) is 1.16. The second-order valence-corrected chi connectivity index (χ2v) is 8.34. The number of piperidine rings is 1. The van der Waals surface area contributed by atoms with Gasteiger partial charge in [-0.1, -0.05) is 30.3 Å². The summed E-state index contributed by atoms with van der Waals surface area (Å²) in [7, 11) is 0. The van der Waals surface area contributed by atoms with Gasteiger partial charge in [-0.15, -0.1) is 0 Å². The topological polar surface area (TPSA) is 45.9 Å². The molecule has 30 heavy (non-hydrogen) atoms. The smallest absolute Gasteiger partial charge is 0.257 e. The molecule has 5 rings (SSSR count). The predicted octanol–water partition coefficient (Wildman–Crippen LogP) is 4.71. The maximum atomic E-state index is 12.9. The SMILES string of the molecule is O=C(c1ccccc1OC1CCN(Cc2cc3ccccc3o2)CC1)N1CCCC1. The van der Waals surface area contributed by atoms with Crippen molar-refractivity contribution >= 4 is 16.9 Å². The maximum Gasteiger partial charge on any atom is 0.257 e. The molecule has 156 valence electrons. The van der Waals surface area contributed by atoms with E-state index in [9.17, 15) is 4.79 Å². The van der Waals surface area contributed by atoms with Crippen LogP contribution in [0, 0.1) is 0 Å². The van der Waals surface area contributed by atoms with Crippen LogP contribution in [-0.2, 0) is 6.54 Å². The molecule has 0 saturated carbocycles. The largest absolute Gasteiger partial charge is 0.489 e. The molecule has 0 bridgehead atoms. The molecule has 0 radical (unpaired) electrons. The Morgan fingerprint density at radius 3 is 2.50 bits per heavy atom. The van der Waals surface area contributed by atoms with E-state index in [1.807, 2.05) is 47.4 Å². The van der Waals surface area contributed by atoms with Crippen LogP contribution in [0.1, 0.15) is 41.8 Å². The van der Waals surface area contributed by atoms with Crippen LogP contribution in [0.5, 0.6) is 5.75 Å². The highest BCUT2D eigenvalue weighted by atomic mass is 16.5. The third-order valence-corrected chi connectivity index (χ3v) is 6.19. The molecule has 2 aliphatic rings. The van der Waals surface area contributed by atoms with Gasteiger partial charge in [0.15, 0.2) is 0 Å². The number of ether oxygens (including phenoxy) is 1. The standard InChI is InChI=1S/C25H28N2O3/c28-25(27-13-5-6-14-27)22-8-2-4-10-24(22)29-20-11-15-26(16-12-20)18-21-17-19-7-1-3-9-23(19)30-21/h1-4,7-10,17,20H,5-6,11-16,18H2. The van der Waals surface area contributed by atoms with Crippen LogP contribution in [0.3, 0.4) is 0 Å². The molecular formula is C25H28N2O3. The summed E-state index contributed by atoms with van der Waals surface area (Å²) < 4.78 is 12.3. The first kappa shape index (κ1) is 19.2. The zero-order chi connectivity index (χ0) is 20.3. The van der Waals surface area contributed by atoms with Gasteiger partial charge in [-0.05, 0) is 49.9 Å². The number of fused-ring (bicyclic) bond motifs is 1. The Labute approximate surface area is 177 Å². The van der Waals surface area contributed by atoms with E-state index < -0.39 is 0 Å². The summed E-state index contributed by atoms with van der Waals surface area (Å²) in [6.07, 6.45) is 4.24. The van der Waals surface area contributed by atoms with Gasteiger partial charge < -0.3 is 14.1 Å². The average molecular weight is 405 g/mol. The molecule has 2 aliphatic heterocycles. The summed E-state index contributed by atoms with van der Waals surface area (Å²) in [5.74, 6) is 1.84. The van der Waals surface area contributed by atoms with Crippen molar-refractivity contribution in [3.05, 3.63) is 65.9 Å². The number of hydrogen-bond acceptors (Lipinski definition) is 4. The second-order valence-electron chi connectivity index (χ2n) is 8.34.